The molecule has 1 aromatic rings. The number of carbonyl (C=O) groups is 1. The topological polar surface area (TPSA) is 84.9 Å². The van der Waals surface area contributed by atoms with E-state index in [4.69, 9.17) is 9.47 Å². The van der Waals surface area contributed by atoms with E-state index in [0.29, 0.717) is 37.7 Å². The number of rotatable bonds is 5. The molecule has 0 bridgehead atoms. The Hall–Kier alpha value is -1.96. The average molecular weight is 368 g/mol. The molecule has 2 aliphatic heterocycles. The lowest BCUT2D eigenvalue weighted by atomic mass is 10.1. The Bertz CT molecular complexity index is 749. The van der Waals surface area contributed by atoms with Gasteiger partial charge in [-0.3, -0.25) is 4.79 Å². The molecule has 1 aromatic carbocycles. The molecular weight excluding hydrogens is 344 g/mol. The summed E-state index contributed by atoms with van der Waals surface area (Å²) in [6.45, 7) is 5.19. The van der Waals surface area contributed by atoms with Crippen molar-refractivity contribution in [3.05, 3.63) is 18.2 Å². The predicted molar refractivity (Wildman–Crippen MR) is 95.0 cm³/mol. The van der Waals surface area contributed by atoms with E-state index >= 15 is 0 Å². The van der Waals surface area contributed by atoms with E-state index in [1.54, 1.807) is 11.8 Å². The molecule has 1 fully saturated rings. The molecule has 0 saturated carbocycles. The zero-order valence-corrected chi connectivity index (χ0v) is 15.3. The Kier molecular flexibility index (Phi) is 5.08. The van der Waals surface area contributed by atoms with Crippen LogP contribution in [0.25, 0.3) is 0 Å². The number of likely N-dealkylation sites (N-methyl/N-ethyl adjacent to an activating group) is 1. The van der Waals surface area contributed by atoms with E-state index in [1.165, 1.54) is 0 Å². The molecule has 1 amide bonds. The average Bonchev–Trinajstić information content (AvgIpc) is 2.95. The number of hydrogen-bond acceptors (Lipinski definition) is 6. The van der Waals surface area contributed by atoms with Crippen molar-refractivity contribution in [2.45, 2.75) is 32.4 Å². The lowest BCUT2D eigenvalue weighted by Crippen LogP contribution is -2.47. The fourth-order valence-corrected chi connectivity index (χ4v) is 5.04. The van der Waals surface area contributed by atoms with Gasteiger partial charge in [0.2, 0.25) is 5.91 Å². The molecule has 138 valence electrons. The molecule has 3 rings (SSSR count). The molecule has 25 heavy (non-hydrogen) atoms. The molecule has 2 heterocycles. The minimum absolute atomic E-state index is 0.0589. The zero-order chi connectivity index (χ0) is 18.0. The highest BCUT2D eigenvalue weighted by Crippen LogP contribution is 2.32. The number of nitrogens with one attached hydrogen (secondary N) is 1. The van der Waals surface area contributed by atoms with Crippen molar-refractivity contribution in [3.8, 4) is 11.5 Å². The van der Waals surface area contributed by atoms with E-state index in [1.807, 2.05) is 25.1 Å². The minimum Gasteiger partial charge on any atom is -0.486 e. The summed E-state index contributed by atoms with van der Waals surface area (Å²) in [5.41, 5.74) is 0.764. The highest BCUT2D eigenvalue weighted by molar-refractivity contribution is 7.91. The van der Waals surface area contributed by atoms with Crippen LogP contribution in [0.15, 0.2) is 18.2 Å². The van der Waals surface area contributed by atoms with Crippen molar-refractivity contribution >= 4 is 21.4 Å². The molecule has 7 nitrogen and oxygen atoms in total. The highest BCUT2D eigenvalue weighted by atomic mass is 32.2. The number of fused-ring (bicyclic) bond motifs is 1. The van der Waals surface area contributed by atoms with Gasteiger partial charge in [-0.15, -0.1) is 0 Å². The normalized spacial score (nSPS) is 22.2. The van der Waals surface area contributed by atoms with E-state index in [9.17, 15) is 13.2 Å². The van der Waals surface area contributed by atoms with Crippen molar-refractivity contribution in [1.29, 1.82) is 0 Å². The van der Waals surface area contributed by atoms with Crippen LogP contribution in [0.5, 0.6) is 11.5 Å². The first-order chi connectivity index (χ1) is 11.9. The summed E-state index contributed by atoms with van der Waals surface area (Å²) in [5, 5.41) is 3.17. The van der Waals surface area contributed by atoms with Crippen LogP contribution in [0.3, 0.4) is 0 Å². The lowest BCUT2D eigenvalue weighted by Gasteiger charge is -2.30. The molecule has 0 spiro atoms. The van der Waals surface area contributed by atoms with Crippen LogP contribution in [-0.4, -0.2) is 62.6 Å². The number of sulfone groups is 1. The van der Waals surface area contributed by atoms with Crippen LogP contribution in [-0.2, 0) is 14.6 Å². The van der Waals surface area contributed by atoms with Gasteiger partial charge >= 0.3 is 0 Å². The summed E-state index contributed by atoms with van der Waals surface area (Å²) in [7, 11) is -3.02. The first-order valence-corrected chi connectivity index (χ1v) is 10.4. The Balaban J connectivity index is 1.67. The maximum atomic E-state index is 12.8. The standard InChI is InChI=1S/C17H24N2O5S/c1-3-19(14-6-9-25(21,22)11-14)17(20)12(2)18-13-4-5-15-16(10-13)24-8-7-23-15/h4-5,10,12,14,18H,3,6-9,11H2,1-2H3. The molecule has 0 radical (unpaired) electrons. The van der Waals surface area contributed by atoms with Gasteiger partial charge in [0.15, 0.2) is 21.3 Å². The third-order valence-electron chi connectivity index (χ3n) is 4.57. The second-order valence-electron chi connectivity index (χ2n) is 6.41. The van der Waals surface area contributed by atoms with Gasteiger partial charge in [-0.05, 0) is 32.4 Å². The van der Waals surface area contributed by atoms with Crippen LogP contribution < -0.4 is 14.8 Å². The van der Waals surface area contributed by atoms with Gasteiger partial charge < -0.3 is 19.7 Å². The van der Waals surface area contributed by atoms with Crippen LogP contribution >= 0.6 is 0 Å². The van der Waals surface area contributed by atoms with E-state index < -0.39 is 15.9 Å². The predicted octanol–water partition coefficient (Wildman–Crippen LogP) is 1.29. The minimum atomic E-state index is -3.02. The summed E-state index contributed by atoms with van der Waals surface area (Å²) >= 11 is 0. The number of benzene rings is 1. The van der Waals surface area contributed by atoms with Crippen molar-refractivity contribution in [2.24, 2.45) is 0 Å². The van der Waals surface area contributed by atoms with Crippen LogP contribution in [0, 0.1) is 0 Å². The Labute approximate surface area is 148 Å². The smallest absolute Gasteiger partial charge is 0.245 e. The second-order valence-corrected chi connectivity index (χ2v) is 8.63. The molecule has 0 aliphatic carbocycles. The number of anilines is 1. The van der Waals surface area contributed by atoms with Gasteiger partial charge in [-0.25, -0.2) is 8.42 Å². The van der Waals surface area contributed by atoms with Crippen molar-refractivity contribution in [2.75, 3.05) is 36.6 Å². The van der Waals surface area contributed by atoms with Gasteiger partial charge in [-0.2, -0.15) is 0 Å². The van der Waals surface area contributed by atoms with Gasteiger partial charge in [0.25, 0.3) is 0 Å². The number of hydrogen-bond donors (Lipinski definition) is 1. The first-order valence-electron chi connectivity index (χ1n) is 8.56. The summed E-state index contributed by atoms with van der Waals surface area (Å²) < 4.78 is 34.4. The van der Waals surface area contributed by atoms with E-state index in [0.717, 1.165) is 5.69 Å². The number of amides is 1. The third kappa shape index (κ3) is 4.00. The fourth-order valence-electron chi connectivity index (χ4n) is 3.31. The molecule has 2 unspecified atom stereocenters. The van der Waals surface area contributed by atoms with Crippen molar-refractivity contribution < 1.29 is 22.7 Å². The highest BCUT2D eigenvalue weighted by Gasteiger charge is 2.35. The second kappa shape index (κ2) is 7.11. The van der Waals surface area contributed by atoms with Gasteiger partial charge in [0.05, 0.1) is 11.5 Å². The van der Waals surface area contributed by atoms with Gasteiger partial charge in [0.1, 0.15) is 19.3 Å². The molecule has 8 heteroatoms. The Morgan fingerprint density at radius 1 is 1.32 bits per heavy atom. The first kappa shape index (κ1) is 17.8. The molecule has 2 atom stereocenters. The largest absolute Gasteiger partial charge is 0.486 e. The quantitative estimate of drug-likeness (QED) is 0.843. The Morgan fingerprint density at radius 2 is 2.04 bits per heavy atom. The molecule has 1 saturated heterocycles. The van der Waals surface area contributed by atoms with Crippen molar-refractivity contribution in [1.82, 2.24) is 4.90 Å². The third-order valence-corrected chi connectivity index (χ3v) is 6.32. The number of carbonyl (C=O) groups excluding carboxylic acids is 1. The summed E-state index contributed by atoms with van der Waals surface area (Å²) in [6, 6.07) is 4.77. The fraction of sp³-hybridized carbons (Fsp3) is 0.588. The van der Waals surface area contributed by atoms with Gasteiger partial charge in [0, 0.05) is 24.3 Å². The monoisotopic (exact) mass is 368 g/mol. The Morgan fingerprint density at radius 3 is 2.68 bits per heavy atom. The van der Waals surface area contributed by atoms with Crippen LogP contribution in [0.2, 0.25) is 0 Å². The summed E-state index contributed by atoms with van der Waals surface area (Å²) in [6.07, 6.45) is 0.513. The van der Waals surface area contributed by atoms with Crippen molar-refractivity contribution in [3.63, 3.8) is 0 Å². The van der Waals surface area contributed by atoms with Crippen LogP contribution in [0.4, 0.5) is 5.69 Å². The SMILES string of the molecule is CCN(C(=O)C(C)Nc1ccc2c(c1)OCCO2)C1CCS(=O)(=O)C1. The molecular formula is C17H24N2O5S. The zero-order valence-electron chi connectivity index (χ0n) is 14.5. The lowest BCUT2D eigenvalue weighted by molar-refractivity contribution is -0.133. The molecule has 1 N–H and O–H groups in total. The van der Waals surface area contributed by atoms with Gasteiger partial charge in [-0.1, -0.05) is 0 Å². The maximum absolute atomic E-state index is 12.8. The molecule has 2 aliphatic rings. The van der Waals surface area contributed by atoms with Crippen LogP contribution in [0.1, 0.15) is 20.3 Å². The number of ether oxygens (including phenoxy) is 2. The maximum Gasteiger partial charge on any atom is 0.245 e. The summed E-state index contributed by atoms with van der Waals surface area (Å²) in [4.78, 5) is 14.4. The summed E-state index contributed by atoms with van der Waals surface area (Å²) in [5.74, 6) is 1.47. The number of nitrogens with zero attached hydrogens (tertiary/aromatic N) is 1. The van der Waals surface area contributed by atoms with E-state index in [2.05, 4.69) is 5.32 Å². The van der Waals surface area contributed by atoms with E-state index in [-0.39, 0.29) is 23.5 Å². The molecule has 0 aromatic heterocycles.